The van der Waals surface area contributed by atoms with E-state index >= 15 is 0 Å². The van der Waals surface area contributed by atoms with Crippen LogP contribution in [0.15, 0.2) is 42.5 Å². The molecule has 2 aromatic carbocycles. The van der Waals surface area contributed by atoms with Crippen molar-refractivity contribution < 1.29 is 9.53 Å². The molecule has 0 heterocycles. The van der Waals surface area contributed by atoms with E-state index in [1.54, 1.807) is 0 Å². The average molecular weight is 358 g/mol. The molecular weight excluding hydrogens is 330 g/mol. The van der Waals surface area contributed by atoms with Crippen molar-refractivity contribution >= 4 is 23.4 Å². The van der Waals surface area contributed by atoms with E-state index in [0.29, 0.717) is 13.0 Å². The molecule has 4 heteroatoms. The summed E-state index contributed by atoms with van der Waals surface area (Å²) < 4.78 is 5.77. The molecular formula is C21H27NO2S. The molecule has 134 valence electrons. The molecule has 0 saturated heterocycles. The quantitative estimate of drug-likeness (QED) is 0.631. The van der Waals surface area contributed by atoms with Crippen LogP contribution in [-0.4, -0.2) is 24.0 Å². The molecule has 0 fully saturated rings. The highest BCUT2D eigenvalue weighted by Gasteiger charge is 2.07. The lowest BCUT2D eigenvalue weighted by atomic mass is 10.1. The van der Waals surface area contributed by atoms with Crippen molar-refractivity contribution in [1.82, 2.24) is 0 Å². The van der Waals surface area contributed by atoms with E-state index in [-0.39, 0.29) is 5.91 Å². The average Bonchev–Trinajstić information content (AvgIpc) is 2.59. The van der Waals surface area contributed by atoms with Crippen LogP contribution in [0, 0.1) is 20.8 Å². The highest BCUT2D eigenvalue weighted by atomic mass is 32.2. The molecule has 0 bridgehead atoms. The number of hydrogen-bond acceptors (Lipinski definition) is 3. The van der Waals surface area contributed by atoms with Crippen LogP contribution in [-0.2, 0) is 4.79 Å². The first kappa shape index (κ1) is 19.4. The highest BCUT2D eigenvalue weighted by molar-refractivity contribution is 7.99. The molecule has 25 heavy (non-hydrogen) atoms. The van der Waals surface area contributed by atoms with E-state index in [0.717, 1.165) is 46.1 Å². The molecule has 0 atom stereocenters. The topological polar surface area (TPSA) is 38.3 Å². The lowest BCUT2D eigenvalue weighted by Gasteiger charge is -2.11. The molecule has 0 aliphatic heterocycles. The minimum absolute atomic E-state index is 0.0918. The monoisotopic (exact) mass is 357 g/mol. The molecule has 0 spiro atoms. The van der Waals surface area contributed by atoms with Gasteiger partial charge in [0, 0.05) is 17.9 Å². The number of benzene rings is 2. The van der Waals surface area contributed by atoms with Crippen molar-refractivity contribution in [2.45, 2.75) is 33.6 Å². The van der Waals surface area contributed by atoms with Gasteiger partial charge in [-0.05, 0) is 55.7 Å². The number of nitrogens with one attached hydrogen (secondary N) is 1. The van der Waals surface area contributed by atoms with Crippen molar-refractivity contribution in [1.29, 1.82) is 0 Å². The lowest BCUT2D eigenvalue weighted by molar-refractivity contribution is -0.116. The number of carbonyl (C=O) groups is 1. The molecule has 0 aliphatic carbocycles. The van der Waals surface area contributed by atoms with Crippen molar-refractivity contribution in [3.8, 4) is 5.75 Å². The third kappa shape index (κ3) is 6.46. The van der Waals surface area contributed by atoms with E-state index < -0.39 is 0 Å². The molecule has 0 saturated carbocycles. The van der Waals surface area contributed by atoms with Crippen LogP contribution >= 0.6 is 11.8 Å². The third-order valence-corrected chi connectivity index (χ3v) is 5.05. The molecule has 0 aliphatic rings. The summed E-state index contributed by atoms with van der Waals surface area (Å²) in [7, 11) is 0. The van der Waals surface area contributed by atoms with Crippen LogP contribution in [0.4, 0.5) is 5.69 Å². The van der Waals surface area contributed by atoms with Crippen LogP contribution in [0.25, 0.3) is 0 Å². The fourth-order valence-corrected chi connectivity index (χ4v) is 3.33. The maximum atomic E-state index is 12.1. The molecule has 3 nitrogen and oxygen atoms in total. The van der Waals surface area contributed by atoms with Gasteiger partial charge in [0.05, 0.1) is 6.61 Å². The van der Waals surface area contributed by atoms with Crippen LogP contribution < -0.4 is 10.1 Å². The van der Waals surface area contributed by atoms with Gasteiger partial charge in [0.15, 0.2) is 0 Å². The number of rotatable bonds is 9. The standard InChI is InChI=1S/C21H27NO2S/c1-16-8-4-5-11-19(16)24-13-15-25-14-7-12-20(23)22-21-17(2)9-6-10-18(21)3/h4-6,8-11H,7,12-15H2,1-3H3,(H,22,23). The summed E-state index contributed by atoms with van der Waals surface area (Å²) >= 11 is 1.83. The van der Waals surface area contributed by atoms with Gasteiger partial charge in [0.1, 0.15) is 5.75 Å². The van der Waals surface area contributed by atoms with Gasteiger partial charge in [0.25, 0.3) is 0 Å². The zero-order valence-corrected chi connectivity index (χ0v) is 16.1. The molecule has 1 N–H and O–H groups in total. The van der Waals surface area contributed by atoms with Gasteiger partial charge in [-0.3, -0.25) is 4.79 Å². The Hall–Kier alpha value is -1.94. The van der Waals surface area contributed by atoms with Crippen LogP contribution in [0.2, 0.25) is 0 Å². The third-order valence-electron chi connectivity index (χ3n) is 4.02. The minimum atomic E-state index is 0.0918. The Morgan fingerprint density at radius 3 is 2.36 bits per heavy atom. The van der Waals surface area contributed by atoms with Gasteiger partial charge in [0.2, 0.25) is 5.91 Å². The first-order valence-electron chi connectivity index (χ1n) is 8.70. The first-order chi connectivity index (χ1) is 12.1. The number of amides is 1. The van der Waals surface area contributed by atoms with E-state index in [1.807, 2.05) is 62.0 Å². The Balaban J connectivity index is 1.58. The second kappa shape index (κ2) is 10.1. The Labute approximate surface area is 155 Å². The summed E-state index contributed by atoms with van der Waals surface area (Å²) in [5.74, 6) is 2.95. The van der Waals surface area contributed by atoms with E-state index in [1.165, 1.54) is 0 Å². The maximum Gasteiger partial charge on any atom is 0.224 e. The fourth-order valence-electron chi connectivity index (χ4n) is 2.58. The Kier molecular flexibility index (Phi) is 7.86. The summed E-state index contributed by atoms with van der Waals surface area (Å²) in [6.07, 6.45) is 1.44. The summed E-state index contributed by atoms with van der Waals surface area (Å²) in [6.45, 7) is 6.79. The van der Waals surface area contributed by atoms with E-state index in [4.69, 9.17) is 4.74 Å². The number of para-hydroxylation sites is 2. The van der Waals surface area contributed by atoms with Crippen molar-refractivity contribution in [2.24, 2.45) is 0 Å². The predicted molar refractivity (Wildman–Crippen MR) is 108 cm³/mol. The molecule has 0 radical (unpaired) electrons. The molecule has 2 rings (SSSR count). The molecule has 1 amide bonds. The first-order valence-corrected chi connectivity index (χ1v) is 9.85. The van der Waals surface area contributed by atoms with Crippen molar-refractivity contribution in [2.75, 3.05) is 23.4 Å². The van der Waals surface area contributed by atoms with Crippen LogP contribution in [0.3, 0.4) is 0 Å². The number of anilines is 1. The Bertz CT molecular complexity index is 680. The summed E-state index contributed by atoms with van der Waals surface area (Å²) in [4.78, 5) is 12.1. The van der Waals surface area contributed by atoms with Gasteiger partial charge in [-0.25, -0.2) is 0 Å². The van der Waals surface area contributed by atoms with Gasteiger partial charge in [-0.2, -0.15) is 11.8 Å². The number of hydrogen-bond donors (Lipinski definition) is 1. The van der Waals surface area contributed by atoms with Gasteiger partial charge >= 0.3 is 0 Å². The van der Waals surface area contributed by atoms with E-state index in [9.17, 15) is 4.79 Å². The number of aryl methyl sites for hydroxylation is 3. The normalized spacial score (nSPS) is 10.5. The van der Waals surface area contributed by atoms with Gasteiger partial charge in [-0.15, -0.1) is 0 Å². The fraction of sp³-hybridized carbons (Fsp3) is 0.381. The number of thioether (sulfide) groups is 1. The SMILES string of the molecule is Cc1ccccc1OCCSCCCC(=O)Nc1c(C)cccc1C. The zero-order valence-electron chi connectivity index (χ0n) is 15.3. The zero-order chi connectivity index (χ0) is 18.1. The minimum Gasteiger partial charge on any atom is -0.492 e. The summed E-state index contributed by atoms with van der Waals surface area (Å²) in [5.41, 5.74) is 4.33. The number of ether oxygens (including phenoxy) is 1. The second-order valence-corrected chi connectivity index (χ2v) is 7.37. The maximum absolute atomic E-state index is 12.1. The lowest BCUT2D eigenvalue weighted by Crippen LogP contribution is -2.13. The van der Waals surface area contributed by atoms with Gasteiger partial charge in [-0.1, -0.05) is 36.4 Å². The van der Waals surface area contributed by atoms with Gasteiger partial charge < -0.3 is 10.1 Å². The highest BCUT2D eigenvalue weighted by Crippen LogP contribution is 2.20. The molecule has 2 aromatic rings. The predicted octanol–water partition coefficient (Wildman–Crippen LogP) is 5.14. The largest absolute Gasteiger partial charge is 0.492 e. The summed E-state index contributed by atoms with van der Waals surface area (Å²) in [5, 5.41) is 3.04. The summed E-state index contributed by atoms with van der Waals surface area (Å²) in [6, 6.07) is 14.1. The smallest absolute Gasteiger partial charge is 0.224 e. The van der Waals surface area contributed by atoms with Crippen molar-refractivity contribution in [3.63, 3.8) is 0 Å². The molecule has 0 unspecified atom stereocenters. The number of carbonyl (C=O) groups excluding carboxylic acids is 1. The molecule has 0 aromatic heterocycles. The van der Waals surface area contributed by atoms with Crippen molar-refractivity contribution in [3.05, 3.63) is 59.2 Å². The second-order valence-electron chi connectivity index (χ2n) is 6.14. The van der Waals surface area contributed by atoms with Crippen LogP contribution in [0.5, 0.6) is 5.75 Å². The van der Waals surface area contributed by atoms with E-state index in [2.05, 4.69) is 18.3 Å². The van der Waals surface area contributed by atoms with Crippen LogP contribution in [0.1, 0.15) is 29.5 Å². The Morgan fingerprint density at radius 1 is 0.960 bits per heavy atom. The Morgan fingerprint density at radius 2 is 1.64 bits per heavy atom.